The van der Waals surface area contributed by atoms with Gasteiger partial charge in [0.15, 0.2) is 0 Å². The Morgan fingerprint density at radius 3 is 2.92 bits per heavy atom. The van der Waals surface area contributed by atoms with E-state index < -0.39 is 0 Å². The monoisotopic (exact) mass is 508 g/mol. The van der Waals surface area contributed by atoms with Gasteiger partial charge < -0.3 is 19.6 Å². The van der Waals surface area contributed by atoms with E-state index in [-0.39, 0.29) is 0 Å². The molecule has 0 amide bonds. The van der Waals surface area contributed by atoms with Crippen molar-refractivity contribution in [2.75, 3.05) is 6.54 Å². The highest BCUT2D eigenvalue weighted by Crippen LogP contribution is 2.63. The van der Waals surface area contributed by atoms with Gasteiger partial charge in [-0.15, -0.1) is 11.3 Å². The van der Waals surface area contributed by atoms with Crippen LogP contribution in [0.3, 0.4) is 0 Å². The summed E-state index contributed by atoms with van der Waals surface area (Å²) < 4.78 is 4.20. The number of hydrogen-bond donors (Lipinski definition) is 3. The summed E-state index contributed by atoms with van der Waals surface area (Å²) in [5.41, 5.74) is 13.7. The molecule has 9 heteroatoms. The van der Waals surface area contributed by atoms with E-state index in [1.165, 1.54) is 35.0 Å². The van der Waals surface area contributed by atoms with Crippen molar-refractivity contribution in [2.45, 2.75) is 32.4 Å². The van der Waals surface area contributed by atoms with Crippen molar-refractivity contribution in [3.05, 3.63) is 89.7 Å². The van der Waals surface area contributed by atoms with E-state index in [4.69, 9.17) is 10.5 Å². The van der Waals surface area contributed by atoms with Crippen LogP contribution in [0.25, 0.3) is 27.2 Å². The maximum absolute atomic E-state index is 7.71. The molecule has 5 aromatic rings. The first-order valence-corrected chi connectivity index (χ1v) is 13.5. The molecule has 3 saturated carbocycles. The highest BCUT2D eigenvalue weighted by Gasteiger charge is 2.55. The number of imidazole rings is 1. The van der Waals surface area contributed by atoms with E-state index in [9.17, 15) is 0 Å². The Hall–Kier alpha value is -3.82. The van der Waals surface area contributed by atoms with Gasteiger partial charge in [-0.1, -0.05) is 6.07 Å². The molecule has 186 valence electrons. The molecule has 8 rings (SSSR count). The number of thiophene rings is 1. The second kappa shape index (κ2) is 8.93. The van der Waals surface area contributed by atoms with Crippen LogP contribution in [-0.2, 0) is 13.1 Å². The number of nitrogens with one attached hydrogen (secondary N) is 3. The fourth-order valence-electron chi connectivity index (χ4n) is 5.82. The summed E-state index contributed by atoms with van der Waals surface area (Å²) in [6.07, 6.45) is 15.9. The first kappa shape index (κ1) is 22.4. The first-order valence-electron chi connectivity index (χ1n) is 12.7. The molecule has 3 aliphatic rings. The number of pyridine rings is 2. The fourth-order valence-corrected chi connectivity index (χ4v) is 6.71. The number of nitrogens with zero attached hydrogens (tertiary/aromatic N) is 5. The van der Waals surface area contributed by atoms with Gasteiger partial charge in [0.1, 0.15) is 16.2 Å². The summed E-state index contributed by atoms with van der Waals surface area (Å²) in [6, 6.07) is 10.4. The average molecular weight is 509 g/mol. The lowest BCUT2D eigenvalue weighted by Gasteiger charge is -2.62. The third kappa shape index (κ3) is 4.14. The van der Waals surface area contributed by atoms with Crippen LogP contribution in [0.2, 0.25) is 0 Å². The van der Waals surface area contributed by atoms with E-state index in [0.29, 0.717) is 17.7 Å². The highest BCUT2D eigenvalue weighted by molar-refractivity contribution is 7.16. The van der Waals surface area contributed by atoms with Gasteiger partial charge in [-0.2, -0.15) is 5.11 Å². The van der Waals surface area contributed by atoms with Crippen LogP contribution in [0.5, 0.6) is 0 Å². The molecule has 8 nitrogen and oxygen atoms in total. The topological polar surface area (TPSA) is 95.4 Å². The maximum atomic E-state index is 7.71. The Bertz CT molecular complexity index is 1620. The van der Waals surface area contributed by atoms with Crippen molar-refractivity contribution in [1.29, 1.82) is 5.53 Å². The van der Waals surface area contributed by atoms with Crippen LogP contribution < -0.4 is 10.6 Å². The molecule has 0 saturated heterocycles. The molecule has 5 heterocycles. The summed E-state index contributed by atoms with van der Waals surface area (Å²) in [5.74, 6) is 1.03. The Morgan fingerprint density at radius 1 is 1.16 bits per heavy atom. The molecule has 0 spiro atoms. The molecule has 0 radical (unpaired) electrons. The summed E-state index contributed by atoms with van der Waals surface area (Å²) in [6.45, 7) is 2.57. The normalized spacial score (nSPS) is 20.6. The minimum absolute atomic E-state index is 0.518. The Balaban J connectivity index is 1.01. The lowest BCUT2D eigenvalue weighted by molar-refractivity contribution is -0.103. The largest absolute Gasteiger partial charge is 0.383 e. The molecular formula is C28H28N8S. The van der Waals surface area contributed by atoms with Crippen LogP contribution in [0, 0.1) is 16.9 Å². The van der Waals surface area contributed by atoms with Crippen molar-refractivity contribution < 1.29 is 0 Å². The Morgan fingerprint density at radius 2 is 2.08 bits per heavy atom. The van der Waals surface area contributed by atoms with Crippen LogP contribution in [0.1, 0.15) is 36.1 Å². The quantitative estimate of drug-likeness (QED) is 0.210. The molecule has 2 bridgehead atoms. The van der Waals surface area contributed by atoms with Crippen molar-refractivity contribution in [3.63, 3.8) is 0 Å². The van der Waals surface area contributed by atoms with Gasteiger partial charge >= 0.3 is 0 Å². The van der Waals surface area contributed by atoms with Crippen molar-refractivity contribution >= 4 is 32.9 Å². The van der Waals surface area contributed by atoms with E-state index in [1.54, 1.807) is 23.7 Å². The van der Waals surface area contributed by atoms with Gasteiger partial charge in [0.25, 0.3) is 0 Å². The number of rotatable bonds is 10. The summed E-state index contributed by atoms with van der Waals surface area (Å²) in [5, 5.41) is 14.0. The lowest BCUT2D eigenvalue weighted by atomic mass is 9.44. The molecule has 0 aliphatic heterocycles. The smallest absolute Gasteiger partial charge is 0.137 e. The van der Waals surface area contributed by atoms with Crippen molar-refractivity contribution in [1.82, 2.24) is 29.6 Å². The SMILES string of the molecule is N=N/C(=C\NCc1cn2cc(CNCC34CC(C3)C4)ccc2n1)c1cncc(-n2ccc3ccsc32)c1. The maximum Gasteiger partial charge on any atom is 0.137 e. The third-order valence-corrected chi connectivity index (χ3v) is 8.72. The van der Waals surface area contributed by atoms with Gasteiger partial charge in [0, 0.05) is 55.0 Å². The van der Waals surface area contributed by atoms with Crippen LogP contribution in [0.4, 0.5) is 0 Å². The van der Waals surface area contributed by atoms with E-state index >= 15 is 0 Å². The molecule has 3 aliphatic carbocycles. The summed E-state index contributed by atoms with van der Waals surface area (Å²) in [4.78, 5) is 10.3. The molecule has 0 aromatic carbocycles. The minimum atomic E-state index is 0.518. The predicted molar refractivity (Wildman–Crippen MR) is 146 cm³/mol. The van der Waals surface area contributed by atoms with Gasteiger partial charge in [-0.3, -0.25) is 4.98 Å². The Labute approximate surface area is 218 Å². The second-order valence-electron chi connectivity index (χ2n) is 10.4. The second-order valence-corrected chi connectivity index (χ2v) is 11.3. The minimum Gasteiger partial charge on any atom is -0.383 e. The number of fused-ring (bicyclic) bond motifs is 2. The number of aromatic nitrogens is 4. The van der Waals surface area contributed by atoms with Gasteiger partial charge in [0.05, 0.1) is 24.1 Å². The molecule has 0 atom stereocenters. The van der Waals surface area contributed by atoms with Crippen molar-refractivity contribution in [3.8, 4) is 5.69 Å². The predicted octanol–water partition coefficient (Wildman–Crippen LogP) is 5.74. The molecule has 37 heavy (non-hydrogen) atoms. The van der Waals surface area contributed by atoms with Gasteiger partial charge in [0.2, 0.25) is 0 Å². The molecule has 0 unspecified atom stereocenters. The Kier molecular flexibility index (Phi) is 5.40. The lowest BCUT2D eigenvalue weighted by Crippen LogP contribution is -2.56. The number of hydrogen-bond acceptors (Lipinski definition) is 7. The fraction of sp³-hybridized carbons (Fsp3) is 0.286. The van der Waals surface area contributed by atoms with E-state index in [0.717, 1.165) is 41.6 Å². The zero-order chi connectivity index (χ0) is 24.8. The standard InChI is InChI=1S/C28H28N8S/c29-34-25(22-7-24(14-30-12-22)36-5-3-21-4-6-37-27(21)36)15-31-13-23-17-35-16-19(1-2-26(35)33-23)11-32-18-28-8-20(9-28)10-28/h1-7,12,14-17,20,29,31-32H,8-11,13,18H2/b25-15-,34-29?. The summed E-state index contributed by atoms with van der Waals surface area (Å²) in [7, 11) is 0. The zero-order valence-corrected chi connectivity index (χ0v) is 21.2. The van der Waals surface area contributed by atoms with Gasteiger partial charge in [-0.25, -0.2) is 10.5 Å². The third-order valence-electron chi connectivity index (χ3n) is 7.79. The van der Waals surface area contributed by atoms with Crippen LogP contribution in [0.15, 0.2) is 78.0 Å². The highest BCUT2D eigenvalue weighted by atomic mass is 32.1. The van der Waals surface area contributed by atoms with Crippen LogP contribution >= 0.6 is 11.3 Å². The summed E-state index contributed by atoms with van der Waals surface area (Å²) >= 11 is 1.69. The molecule has 5 aromatic heterocycles. The van der Waals surface area contributed by atoms with Crippen molar-refractivity contribution in [2.24, 2.45) is 16.4 Å². The van der Waals surface area contributed by atoms with E-state index in [1.807, 2.05) is 18.5 Å². The first-order chi connectivity index (χ1) is 18.2. The zero-order valence-electron chi connectivity index (χ0n) is 20.4. The molecule has 3 fully saturated rings. The average Bonchev–Trinajstić information content (AvgIpc) is 3.58. The van der Waals surface area contributed by atoms with E-state index in [2.05, 4.69) is 71.7 Å². The van der Waals surface area contributed by atoms with Crippen LogP contribution in [-0.4, -0.2) is 25.5 Å². The molecular weight excluding hydrogens is 480 g/mol. The molecule has 3 N–H and O–H groups in total. The van der Waals surface area contributed by atoms with Gasteiger partial charge in [-0.05, 0) is 65.8 Å².